The van der Waals surface area contributed by atoms with Crippen LogP contribution in [-0.4, -0.2) is 24.2 Å². The lowest BCUT2D eigenvalue weighted by atomic mass is 10.1. The number of aryl methyl sites for hydroxylation is 1. The molecule has 162 valence electrons. The standard InChI is InChI=1S/C24H21N3O4S/c1-17-12-13-19(14-22(17)32(25,29)30)24(28)31-16-20-15-27(21-10-6-3-7-11-21)26-23(20)18-8-4-2-5-9-18/h2-15H,16H2,1H3,(H2,25,29,30). The maximum Gasteiger partial charge on any atom is 0.338 e. The second-order valence-electron chi connectivity index (χ2n) is 7.25. The Morgan fingerprint density at radius 2 is 1.66 bits per heavy atom. The van der Waals surface area contributed by atoms with Crippen molar-refractivity contribution in [3.8, 4) is 16.9 Å². The largest absolute Gasteiger partial charge is 0.457 e. The lowest BCUT2D eigenvalue weighted by molar-refractivity contribution is 0.0473. The average molecular weight is 448 g/mol. The molecule has 3 aromatic carbocycles. The number of ether oxygens (including phenoxy) is 1. The number of hydrogen-bond donors (Lipinski definition) is 1. The molecule has 4 aromatic rings. The van der Waals surface area contributed by atoms with Crippen molar-refractivity contribution >= 4 is 16.0 Å². The number of aromatic nitrogens is 2. The Balaban J connectivity index is 1.63. The molecule has 0 bridgehead atoms. The number of carbonyl (C=O) groups is 1. The van der Waals surface area contributed by atoms with Gasteiger partial charge in [0.05, 0.1) is 21.8 Å². The van der Waals surface area contributed by atoms with Gasteiger partial charge in [0, 0.05) is 17.3 Å². The van der Waals surface area contributed by atoms with Crippen LogP contribution in [-0.2, 0) is 21.4 Å². The maximum atomic E-state index is 12.6. The topological polar surface area (TPSA) is 104 Å². The molecule has 0 atom stereocenters. The fourth-order valence-corrected chi connectivity index (χ4v) is 4.14. The Labute approximate surface area is 186 Å². The number of carbonyl (C=O) groups excluding carboxylic acids is 1. The van der Waals surface area contributed by atoms with Gasteiger partial charge in [-0.15, -0.1) is 0 Å². The minimum absolute atomic E-state index is 0.0333. The van der Waals surface area contributed by atoms with Crippen LogP contribution in [0.15, 0.2) is 90.0 Å². The van der Waals surface area contributed by atoms with Gasteiger partial charge in [0.25, 0.3) is 0 Å². The van der Waals surface area contributed by atoms with E-state index < -0.39 is 16.0 Å². The van der Waals surface area contributed by atoms with E-state index in [4.69, 9.17) is 9.88 Å². The molecule has 8 heteroatoms. The number of sulfonamides is 1. The highest BCUT2D eigenvalue weighted by Gasteiger charge is 2.18. The molecule has 0 radical (unpaired) electrons. The van der Waals surface area contributed by atoms with Crippen LogP contribution in [0.1, 0.15) is 21.5 Å². The normalized spacial score (nSPS) is 11.3. The number of esters is 1. The molecule has 0 fully saturated rings. The Morgan fingerprint density at radius 3 is 2.31 bits per heavy atom. The summed E-state index contributed by atoms with van der Waals surface area (Å²) in [6.07, 6.45) is 1.82. The number of nitrogens with zero attached hydrogens (tertiary/aromatic N) is 2. The fraction of sp³-hybridized carbons (Fsp3) is 0.0833. The summed E-state index contributed by atoms with van der Waals surface area (Å²) < 4.78 is 30.8. The van der Waals surface area contributed by atoms with E-state index in [1.165, 1.54) is 18.2 Å². The summed E-state index contributed by atoms with van der Waals surface area (Å²) in [6.45, 7) is 1.58. The molecule has 1 heterocycles. The van der Waals surface area contributed by atoms with Gasteiger partial charge >= 0.3 is 5.97 Å². The number of hydrogen-bond acceptors (Lipinski definition) is 5. The summed E-state index contributed by atoms with van der Waals surface area (Å²) >= 11 is 0. The molecule has 32 heavy (non-hydrogen) atoms. The van der Waals surface area contributed by atoms with Gasteiger partial charge in [-0.1, -0.05) is 54.6 Å². The van der Waals surface area contributed by atoms with Gasteiger partial charge in [-0.25, -0.2) is 23.0 Å². The highest BCUT2D eigenvalue weighted by Crippen LogP contribution is 2.25. The molecule has 0 unspecified atom stereocenters. The van der Waals surface area contributed by atoms with E-state index >= 15 is 0 Å². The molecule has 2 N–H and O–H groups in total. The van der Waals surface area contributed by atoms with Gasteiger partial charge in [-0.2, -0.15) is 5.10 Å². The van der Waals surface area contributed by atoms with Gasteiger partial charge in [0.15, 0.2) is 0 Å². The predicted octanol–water partition coefficient (Wildman–Crippen LogP) is 3.85. The van der Waals surface area contributed by atoms with Crippen LogP contribution in [0.5, 0.6) is 0 Å². The third-order valence-corrected chi connectivity index (χ3v) is 6.00. The first kappa shape index (κ1) is 21.5. The Bertz CT molecular complexity index is 1370. The predicted molar refractivity (Wildman–Crippen MR) is 121 cm³/mol. The lowest BCUT2D eigenvalue weighted by Crippen LogP contribution is -2.15. The number of primary sulfonamides is 1. The van der Waals surface area contributed by atoms with E-state index in [2.05, 4.69) is 5.10 Å². The van der Waals surface area contributed by atoms with Crippen molar-refractivity contribution in [3.05, 3.63) is 102 Å². The first-order chi connectivity index (χ1) is 15.3. The SMILES string of the molecule is Cc1ccc(C(=O)OCc2cn(-c3ccccc3)nc2-c2ccccc2)cc1S(N)(=O)=O. The molecule has 0 saturated heterocycles. The first-order valence-electron chi connectivity index (χ1n) is 9.83. The van der Waals surface area contributed by atoms with Crippen molar-refractivity contribution in [1.82, 2.24) is 9.78 Å². The summed E-state index contributed by atoms with van der Waals surface area (Å²) in [5.41, 5.74) is 3.73. The van der Waals surface area contributed by atoms with E-state index in [1.54, 1.807) is 11.6 Å². The van der Waals surface area contributed by atoms with E-state index in [-0.39, 0.29) is 17.1 Å². The lowest BCUT2D eigenvalue weighted by Gasteiger charge is -2.08. The molecule has 4 rings (SSSR count). The van der Waals surface area contributed by atoms with Crippen molar-refractivity contribution in [3.63, 3.8) is 0 Å². The molecular weight excluding hydrogens is 426 g/mol. The summed E-state index contributed by atoms with van der Waals surface area (Å²) in [5, 5.41) is 9.93. The number of para-hydroxylation sites is 1. The number of rotatable bonds is 6. The van der Waals surface area contributed by atoms with Gasteiger partial charge in [0.1, 0.15) is 6.61 Å². The summed E-state index contributed by atoms with van der Waals surface area (Å²) in [5.74, 6) is -0.652. The Morgan fingerprint density at radius 1 is 1.00 bits per heavy atom. The Hall–Kier alpha value is -3.75. The van der Waals surface area contributed by atoms with Crippen LogP contribution >= 0.6 is 0 Å². The smallest absolute Gasteiger partial charge is 0.338 e. The van der Waals surface area contributed by atoms with Gasteiger partial charge in [0.2, 0.25) is 10.0 Å². The van der Waals surface area contributed by atoms with E-state index in [0.29, 0.717) is 16.8 Å². The van der Waals surface area contributed by atoms with Crippen molar-refractivity contribution in [2.75, 3.05) is 0 Å². The molecular formula is C24H21N3O4S. The molecule has 1 aromatic heterocycles. The van der Waals surface area contributed by atoms with Crippen molar-refractivity contribution in [1.29, 1.82) is 0 Å². The van der Waals surface area contributed by atoms with Gasteiger partial charge < -0.3 is 4.74 Å². The second-order valence-corrected chi connectivity index (χ2v) is 8.78. The van der Waals surface area contributed by atoms with Crippen molar-refractivity contribution < 1.29 is 17.9 Å². The van der Waals surface area contributed by atoms with Crippen LogP contribution in [0.2, 0.25) is 0 Å². The zero-order chi connectivity index (χ0) is 22.7. The van der Waals surface area contributed by atoms with E-state index in [1.807, 2.05) is 66.9 Å². The molecule has 0 spiro atoms. The average Bonchev–Trinajstić information content (AvgIpc) is 3.22. The molecule has 0 aliphatic heterocycles. The van der Waals surface area contributed by atoms with Gasteiger partial charge in [-0.05, 0) is 36.8 Å². The zero-order valence-corrected chi connectivity index (χ0v) is 18.1. The third kappa shape index (κ3) is 4.61. The van der Waals surface area contributed by atoms with Crippen LogP contribution in [0.3, 0.4) is 0 Å². The molecule has 7 nitrogen and oxygen atoms in total. The summed E-state index contributed by atoms with van der Waals surface area (Å²) in [7, 11) is -3.95. The van der Waals surface area contributed by atoms with Crippen LogP contribution in [0.4, 0.5) is 0 Å². The minimum Gasteiger partial charge on any atom is -0.457 e. The molecule has 0 saturated carbocycles. The van der Waals surface area contributed by atoms with E-state index in [9.17, 15) is 13.2 Å². The van der Waals surface area contributed by atoms with E-state index in [0.717, 1.165) is 11.3 Å². The zero-order valence-electron chi connectivity index (χ0n) is 17.3. The van der Waals surface area contributed by atoms with Crippen LogP contribution in [0.25, 0.3) is 16.9 Å². The molecule has 0 aliphatic rings. The highest BCUT2D eigenvalue weighted by atomic mass is 32.2. The monoisotopic (exact) mass is 447 g/mol. The third-order valence-electron chi connectivity index (χ3n) is 4.95. The molecule has 0 aliphatic carbocycles. The highest BCUT2D eigenvalue weighted by molar-refractivity contribution is 7.89. The Kier molecular flexibility index (Phi) is 5.89. The second kappa shape index (κ2) is 8.78. The molecule has 0 amide bonds. The van der Waals surface area contributed by atoms with Gasteiger partial charge in [-0.3, -0.25) is 0 Å². The summed E-state index contributed by atoms with van der Waals surface area (Å²) in [6, 6.07) is 23.5. The van der Waals surface area contributed by atoms with Crippen molar-refractivity contribution in [2.24, 2.45) is 5.14 Å². The van der Waals surface area contributed by atoms with Crippen LogP contribution in [0, 0.1) is 6.92 Å². The number of benzene rings is 3. The first-order valence-corrected chi connectivity index (χ1v) is 11.4. The fourth-order valence-electron chi connectivity index (χ4n) is 3.33. The number of nitrogens with two attached hydrogens (primary N) is 1. The maximum absolute atomic E-state index is 12.6. The minimum atomic E-state index is -3.95. The quantitative estimate of drug-likeness (QED) is 0.452. The van der Waals surface area contributed by atoms with Crippen LogP contribution < -0.4 is 5.14 Å². The summed E-state index contributed by atoms with van der Waals surface area (Å²) in [4.78, 5) is 12.5. The van der Waals surface area contributed by atoms with Crippen molar-refractivity contribution in [2.45, 2.75) is 18.4 Å².